The molecule has 1 aromatic carbocycles. The number of carbonyl (C=O) groups excluding carboxylic acids is 2. The lowest BCUT2D eigenvalue weighted by Gasteiger charge is -2.38. The molecule has 1 N–H and O–H groups in total. The highest BCUT2D eigenvalue weighted by atomic mass is 19.1. The van der Waals surface area contributed by atoms with E-state index in [9.17, 15) is 18.4 Å². The molecule has 0 spiro atoms. The predicted octanol–water partition coefficient (Wildman–Crippen LogP) is 3.69. The number of ketones is 1. The Labute approximate surface area is 128 Å². The van der Waals surface area contributed by atoms with Gasteiger partial charge in [-0.25, -0.2) is 8.78 Å². The molecule has 0 heterocycles. The van der Waals surface area contributed by atoms with Gasteiger partial charge in [-0.05, 0) is 30.4 Å². The SMILES string of the molecule is CC12CCC(C(=O)Nc3ccc(F)cc3F)(CC1=O)C2(C)C. The van der Waals surface area contributed by atoms with Gasteiger partial charge in [-0.15, -0.1) is 0 Å². The molecule has 2 fully saturated rings. The molecule has 3 nitrogen and oxygen atoms in total. The first-order chi connectivity index (χ1) is 10.1. The molecule has 1 amide bonds. The summed E-state index contributed by atoms with van der Waals surface area (Å²) in [6.45, 7) is 5.78. The summed E-state index contributed by atoms with van der Waals surface area (Å²) in [4.78, 5) is 25.2. The maximum Gasteiger partial charge on any atom is 0.231 e. The number of halogens is 2. The minimum atomic E-state index is -0.820. The summed E-state index contributed by atoms with van der Waals surface area (Å²) in [6, 6.07) is 3.04. The number of benzene rings is 1. The highest BCUT2D eigenvalue weighted by molar-refractivity contribution is 6.04. The van der Waals surface area contributed by atoms with Crippen molar-refractivity contribution < 1.29 is 18.4 Å². The maximum absolute atomic E-state index is 13.8. The zero-order chi connectivity index (χ0) is 16.3. The molecule has 118 valence electrons. The molecule has 2 unspecified atom stereocenters. The molecule has 2 bridgehead atoms. The molecular formula is C17H19F2NO2. The molecule has 22 heavy (non-hydrogen) atoms. The fourth-order valence-electron chi connectivity index (χ4n) is 4.19. The van der Waals surface area contributed by atoms with Gasteiger partial charge in [-0.2, -0.15) is 0 Å². The van der Waals surface area contributed by atoms with Crippen LogP contribution in [0.15, 0.2) is 18.2 Å². The van der Waals surface area contributed by atoms with Crippen molar-refractivity contribution in [3.63, 3.8) is 0 Å². The smallest absolute Gasteiger partial charge is 0.231 e. The molecule has 0 aliphatic heterocycles. The Balaban J connectivity index is 1.94. The molecule has 3 rings (SSSR count). The summed E-state index contributed by atoms with van der Waals surface area (Å²) < 4.78 is 26.7. The first-order valence-electron chi connectivity index (χ1n) is 7.44. The van der Waals surface area contributed by atoms with E-state index in [-0.39, 0.29) is 23.8 Å². The zero-order valence-electron chi connectivity index (χ0n) is 12.9. The van der Waals surface area contributed by atoms with E-state index in [0.29, 0.717) is 12.8 Å². The van der Waals surface area contributed by atoms with Crippen LogP contribution in [0, 0.1) is 27.9 Å². The number of nitrogens with one attached hydrogen (secondary N) is 1. The molecule has 0 saturated heterocycles. The lowest BCUT2D eigenvalue weighted by atomic mass is 9.64. The van der Waals surface area contributed by atoms with Crippen molar-refractivity contribution >= 4 is 17.4 Å². The second-order valence-electron chi connectivity index (χ2n) is 7.22. The number of hydrogen-bond donors (Lipinski definition) is 1. The first-order valence-corrected chi connectivity index (χ1v) is 7.44. The van der Waals surface area contributed by atoms with Crippen molar-refractivity contribution in [2.45, 2.75) is 40.0 Å². The third-order valence-corrected chi connectivity index (χ3v) is 6.32. The van der Waals surface area contributed by atoms with E-state index in [1.54, 1.807) is 0 Å². The quantitative estimate of drug-likeness (QED) is 0.905. The van der Waals surface area contributed by atoms with Gasteiger partial charge in [0.05, 0.1) is 11.1 Å². The number of carbonyl (C=O) groups is 2. The fraction of sp³-hybridized carbons (Fsp3) is 0.529. The van der Waals surface area contributed by atoms with Gasteiger partial charge in [0.2, 0.25) is 5.91 Å². The van der Waals surface area contributed by atoms with Crippen LogP contribution in [0.1, 0.15) is 40.0 Å². The molecule has 5 heteroatoms. The molecule has 2 saturated carbocycles. The Kier molecular flexibility index (Phi) is 3.00. The number of amides is 1. The van der Waals surface area contributed by atoms with Crippen molar-refractivity contribution in [1.82, 2.24) is 0 Å². The van der Waals surface area contributed by atoms with Crippen LogP contribution in [0.3, 0.4) is 0 Å². The zero-order valence-corrected chi connectivity index (χ0v) is 12.9. The topological polar surface area (TPSA) is 46.2 Å². The van der Waals surface area contributed by atoms with Gasteiger partial charge in [0.1, 0.15) is 17.4 Å². The van der Waals surface area contributed by atoms with Crippen LogP contribution < -0.4 is 5.32 Å². The fourth-order valence-corrected chi connectivity index (χ4v) is 4.19. The van der Waals surface area contributed by atoms with Crippen LogP contribution in [0.4, 0.5) is 14.5 Å². The Morgan fingerprint density at radius 2 is 1.86 bits per heavy atom. The normalized spacial score (nSPS) is 32.3. The van der Waals surface area contributed by atoms with Gasteiger partial charge in [0.15, 0.2) is 0 Å². The van der Waals surface area contributed by atoms with Crippen molar-refractivity contribution in [2.24, 2.45) is 16.2 Å². The van der Waals surface area contributed by atoms with E-state index in [1.165, 1.54) is 6.07 Å². The van der Waals surface area contributed by atoms with Gasteiger partial charge in [-0.3, -0.25) is 9.59 Å². The summed E-state index contributed by atoms with van der Waals surface area (Å²) in [5, 5.41) is 2.56. The summed E-state index contributed by atoms with van der Waals surface area (Å²) in [5.74, 6) is -1.76. The number of rotatable bonds is 2. The van der Waals surface area contributed by atoms with E-state index in [2.05, 4.69) is 5.32 Å². The summed E-state index contributed by atoms with van der Waals surface area (Å²) in [6.07, 6.45) is 1.46. The standard InChI is InChI=1S/C17H19F2NO2/c1-15(2)16(3)6-7-17(15,9-13(16)21)14(22)20-12-5-4-10(18)8-11(12)19/h4-5,8H,6-7,9H2,1-3H3,(H,20,22). The summed E-state index contributed by atoms with van der Waals surface area (Å²) >= 11 is 0. The predicted molar refractivity (Wildman–Crippen MR) is 78.2 cm³/mol. The highest BCUT2D eigenvalue weighted by Crippen LogP contribution is 2.70. The Bertz CT molecular complexity index is 685. The number of fused-ring (bicyclic) bond motifs is 2. The molecule has 2 aliphatic rings. The van der Waals surface area contributed by atoms with Crippen LogP contribution in [-0.4, -0.2) is 11.7 Å². The third-order valence-electron chi connectivity index (χ3n) is 6.32. The molecular weight excluding hydrogens is 288 g/mol. The largest absolute Gasteiger partial charge is 0.323 e. The van der Waals surface area contributed by atoms with Crippen LogP contribution in [0.5, 0.6) is 0 Å². The van der Waals surface area contributed by atoms with E-state index >= 15 is 0 Å². The minimum absolute atomic E-state index is 0.0514. The molecule has 1 aromatic rings. The van der Waals surface area contributed by atoms with Crippen LogP contribution in [0.25, 0.3) is 0 Å². The lowest BCUT2D eigenvalue weighted by Crippen LogP contribution is -2.43. The van der Waals surface area contributed by atoms with Gasteiger partial charge in [0.25, 0.3) is 0 Å². The van der Waals surface area contributed by atoms with Crippen LogP contribution >= 0.6 is 0 Å². The van der Waals surface area contributed by atoms with E-state index < -0.39 is 27.9 Å². The average molecular weight is 307 g/mol. The maximum atomic E-state index is 13.8. The Morgan fingerprint density at radius 1 is 1.18 bits per heavy atom. The lowest BCUT2D eigenvalue weighted by molar-refractivity contribution is -0.131. The van der Waals surface area contributed by atoms with Crippen LogP contribution in [0.2, 0.25) is 0 Å². The summed E-state index contributed by atoms with van der Waals surface area (Å²) in [5.41, 5.74) is -1.87. The molecule has 2 atom stereocenters. The minimum Gasteiger partial charge on any atom is -0.323 e. The average Bonchev–Trinajstić information content (AvgIpc) is 2.72. The van der Waals surface area contributed by atoms with Gasteiger partial charge in [-0.1, -0.05) is 20.8 Å². The van der Waals surface area contributed by atoms with Crippen LogP contribution in [-0.2, 0) is 9.59 Å². The first kappa shape index (κ1) is 15.1. The molecule has 2 aliphatic carbocycles. The number of hydrogen-bond acceptors (Lipinski definition) is 2. The van der Waals surface area contributed by atoms with E-state index in [0.717, 1.165) is 12.1 Å². The highest BCUT2D eigenvalue weighted by Gasteiger charge is 2.72. The monoisotopic (exact) mass is 307 g/mol. The molecule has 0 radical (unpaired) electrons. The van der Waals surface area contributed by atoms with Gasteiger partial charge in [0, 0.05) is 17.9 Å². The third kappa shape index (κ3) is 1.65. The Morgan fingerprint density at radius 3 is 2.36 bits per heavy atom. The number of anilines is 1. The second-order valence-corrected chi connectivity index (χ2v) is 7.22. The summed E-state index contributed by atoms with van der Waals surface area (Å²) in [7, 11) is 0. The van der Waals surface area contributed by atoms with Crippen molar-refractivity contribution in [3.8, 4) is 0 Å². The number of Topliss-reactive ketones (excluding diaryl/α,β-unsaturated/α-hetero) is 1. The van der Waals surface area contributed by atoms with Gasteiger partial charge < -0.3 is 5.32 Å². The second kappa shape index (κ2) is 4.37. The molecule has 0 aromatic heterocycles. The Hall–Kier alpha value is -1.78. The van der Waals surface area contributed by atoms with Crippen molar-refractivity contribution in [3.05, 3.63) is 29.8 Å². The van der Waals surface area contributed by atoms with E-state index in [1.807, 2.05) is 20.8 Å². The van der Waals surface area contributed by atoms with Crippen molar-refractivity contribution in [2.75, 3.05) is 5.32 Å². The van der Waals surface area contributed by atoms with E-state index in [4.69, 9.17) is 0 Å². The van der Waals surface area contributed by atoms with Crippen molar-refractivity contribution in [1.29, 1.82) is 0 Å². The van der Waals surface area contributed by atoms with Gasteiger partial charge >= 0.3 is 0 Å².